The highest BCUT2D eigenvalue weighted by Gasteiger charge is 2.04. The minimum atomic E-state index is -0.0884. The summed E-state index contributed by atoms with van der Waals surface area (Å²) in [7, 11) is 0. The number of halogens is 2. The van der Waals surface area contributed by atoms with Crippen LogP contribution < -0.4 is 0 Å². The van der Waals surface area contributed by atoms with Gasteiger partial charge in [0.15, 0.2) is 0 Å². The number of rotatable bonds is 9. The van der Waals surface area contributed by atoms with E-state index in [2.05, 4.69) is 6.92 Å². The third-order valence-electron chi connectivity index (χ3n) is 1.62. The van der Waals surface area contributed by atoms with Crippen LogP contribution in [0.25, 0.3) is 0 Å². The molecule has 0 aliphatic carbocycles. The molecule has 0 atom stereocenters. The molecule has 13 heavy (non-hydrogen) atoms. The zero-order valence-electron chi connectivity index (χ0n) is 8.10. The van der Waals surface area contributed by atoms with Crippen molar-refractivity contribution >= 4 is 23.2 Å². The zero-order chi connectivity index (χ0) is 9.94. The molecule has 0 heterocycles. The molecule has 0 unspecified atom stereocenters. The topological polar surface area (TPSA) is 18.5 Å². The lowest BCUT2D eigenvalue weighted by Crippen LogP contribution is -2.18. The molecule has 0 fully saturated rings. The Morgan fingerprint density at radius 3 is 2.38 bits per heavy atom. The summed E-state index contributed by atoms with van der Waals surface area (Å²) in [6, 6.07) is 0. The van der Waals surface area contributed by atoms with E-state index in [0.29, 0.717) is 18.6 Å². The van der Waals surface area contributed by atoms with E-state index >= 15 is 0 Å². The van der Waals surface area contributed by atoms with Crippen LogP contribution in [0.2, 0.25) is 0 Å². The van der Waals surface area contributed by atoms with Crippen molar-refractivity contribution in [2.45, 2.75) is 32.3 Å². The Kier molecular flexibility index (Phi) is 11.0. The summed E-state index contributed by atoms with van der Waals surface area (Å²) in [6.45, 7) is 3.21. The van der Waals surface area contributed by atoms with E-state index in [1.807, 2.05) is 0 Å². The Bertz CT molecular complexity index is 97.6. The number of alkyl halides is 2. The van der Waals surface area contributed by atoms with E-state index in [1.54, 1.807) is 0 Å². The lowest BCUT2D eigenvalue weighted by atomic mass is 10.3. The maximum Gasteiger partial charge on any atom is 0.147 e. The quantitative estimate of drug-likeness (QED) is 0.343. The van der Waals surface area contributed by atoms with Gasteiger partial charge in [-0.3, -0.25) is 0 Å². The van der Waals surface area contributed by atoms with E-state index < -0.39 is 0 Å². The molecule has 0 aromatic carbocycles. The van der Waals surface area contributed by atoms with E-state index in [0.717, 1.165) is 13.0 Å². The lowest BCUT2D eigenvalue weighted by Gasteiger charge is -2.11. The van der Waals surface area contributed by atoms with Gasteiger partial charge >= 0.3 is 0 Å². The number of hydrogen-bond donors (Lipinski definition) is 0. The Labute approximate surface area is 90.5 Å². The first-order chi connectivity index (χ1) is 6.35. The molecule has 0 aromatic heterocycles. The fourth-order valence-electron chi connectivity index (χ4n) is 0.788. The second-order valence-electron chi connectivity index (χ2n) is 2.83. The summed E-state index contributed by atoms with van der Waals surface area (Å²) in [5.41, 5.74) is 0. The first kappa shape index (κ1) is 13.5. The van der Waals surface area contributed by atoms with Crippen LogP contribution >= 0.6 is 23.2 Å². The standard InChI is InChI=1S/C9H18Cl2O2/c1-2-3-4-5-12-8-13-9(6-10)7-11/h9H,2-8H2,1H3. The second-order valence-corrected chi connectivity index (χ2v) is 3.45. The van der Waals surface area contributed by atoms with Crippen LogP contribution in [0.15, 0.2) is 0 Å². The molecule has 0 N–H and O–H groups in total. The van der Waals surface area contributed by atoms with E-state index in [-0.39, 0.29) is 6.10 Å². The normalized spacial score (nSPS) is 11.1. The minimum absolute atomic E-state index is 0.0884. The van der Waals surface area contributed by atoms with Crippen molar-refractivity contribution in [2.24, 2.45) is 0 Å². The Morgan fingerprint density at radius 2 is 1.85 bits per heavy atom. The van der Waals surface area contributed by atoms with E-state index in [4.69, 9.17) is 32.7 Å². The van der Waals surface area contributed by atoms with Crippen LogP contribution in [0.3, 0.4) is 0 Å². The van der Waals surface area contributed by atoms with Crippen molar-refractivity contribution in [1.82, 2.24) is 0 Å². The predicted molar refractivity (Wildman–Crippen MR) is 56.7 cm³/mol. The van der Waals surface area contributed by atoms with Gasteiger partial charge in [-0.1, -0.05) is 19.8 Å². The van der Waals surface area contributed by atoms with Gasteiger partial charge in [0, 0.05) is 18.4 Å². The highest BCUT2D eigenvalue weighted by atomic mass is 35.5. The molecule has 0 saturated carbocycles. The fraction of sp³-hybridized carbons (Fsp3) is 1.00. The molecule has 0 aliphatic heterocycles. The maximum atomic E-state index is 5.57. The molecule has 0 saturated heterocycles. The number of hydrogen-bond acceptors (Lipinski definition) is 2. The monoisotopic (exact) mass is 228 g/mol. The second kappa shape index (κ2) is 10.6. The molecular weight excluding hydrogens is 211 g/mol. The molecule has 0 radical (unpaired) electrons. The van der Waals surface area contributed by atoms with Crippen LogP contribution in [0.5, 0.6) is 0 Å². The summed E-state index contributed by atoms with van der Waals surface area (Å²) in [5, 5.41) is 0. The average molecular weight is 229 g/mol. The van der Waals surface area contributed by atoms with Crippen molar-refractivity contribution < 1.29 is 9.47 Å². The minimum Gasteiger partial charge on any atom is -0.355 e. The van der Waals surface area contributed by atoms with Gasteiger partial charge in [0.1, 0.15) is 6.79 Å². The molecule has 0 aromatic rings. The van der Waals surface area contributed by atoms with Gasteiger partial charge in [-0.15, -0.1) is 23.2 Å². The van der Waals surface area contributed by atoms with Gasteiger partial charge in [0.25, 0.3) is 0 Å². The van der Waals surface area contributed by atoms with Crippen molar-refractivity contribution in [3.8, 4) is 0 Å². The van der Waals surface area contributed by atoms with Gasteiger partial charge in [-0.2, -0.15) is 0 Å². The largest absolute Gasteiger partial charge is 0.355 e. The SMILES string of the molecule is CCCCCOCOC(CCl)CCl. The molecule has 0 amide bonds. The molecule has 2 nitrogen and oxygen atoms in total. The molecular formula is C9H18Cl2O2. The van der Waals surface area contributed by atoms with Gasteiger partial charge in [0.2, 0.25) is 0 Å². The van der Waals surface area contributed by atoms with E-state index in [9.17, 15) is 0 Å². The van der Waals surface area contributed by atoms with Gasteiger partial charge in [0.05, 0.1) is 6.10 Å². The molecule has 80 valence electrons. The lowest BCUT2D eigenvalue weighted by molar-refractivity contribution is -0.0770. The average Bonchev–Trinajstić information content (AvgIpc) is 2.17. The molecule has 0 spiro atoms. The molecule has 0 aliphatic rings. The van der Waals surface area contributed by atoms with Crippen LogP contribution in [-0.2, 0) is 9.47 Å². The first-order valence-corrected chi connectivity index (χ1v) is 5.73. The third kappa shape index (κ3) is 8.82. The summed E-state index contributed by atoms with van der Waals surface area (Å²) in [5.74, 6) is 0.837. The number of ether oxygens (including phenoxy) is 2. The van der Waals surface area contributed by atoms with Gasteiger partial charge < -0.3 is 9.47 Å². The van der Waals surface area contributed by atoms with Crippen molar-refractivity contribution in [2.75, 3.05) is 25.2 Å². The summed E-state index contributed by atoms with van der Waals surface area (Å²) < 4.78 is 10.5. The third-order valence-corrected chi connectivity index (χ3v) is 2.31. The fourth-order valence-corrected chi connectivity index (χ4v) is 1.30. The van der Waals surface area contributed by atoms with Crippen molar-refractivity contribution in [3.05, 3.63) is 0 Å². The van der Waals surface area contributed by atoms with Crippen LogP contribution in [0.4, 0.5) is 0 Å². The highest BCUT2D eigenvalue weighted by Crippen LogP contribution is 1.99. The van der Waals surface area contributed by atoms with Gasteiger partial charge in [-0.25, -0.2) is 0 Å². The Morgan fingerprint density at radius 1 is 1.15 bits per heavy atom. The zero-order valence-corrected chi connectivity index (χ0v) is 9.61. The van der Waals surface area contributed by atoms with E-state index in [1.165, 1.54) is 12.8 Å². The Hall–Kier alpha value is 0.500. The molecule has 0 rings (SSSR count). The van der Waals surface area contributed by atoms with Gasteiger partial charge in [-0.05, 0) is 6.42 Å². The van der Waals surface area contributed by atoms with Crippen molar-refractivity contribution in [1.29, 1.82) is 0 Å². The van der Waals surface area contributed by atoms with Crippen LogP contribution in [-0.4, -0.2) is 31.3 Å². The molecule has 4 heteroatoms. The highest BCUT2D eigenvalue weighted by molar-refractivity contribution is 6.21. The van der Waals surface area contributed by atoms with Crippen LogP contribution in [0.1, 0.15) is 26.2 Å². The predicted octanol–water partition coefficient (Wildman–Crippen LogP) is 3.01. The number of unbranched alkanes of at least 4 members (excludes halogenated alkanes) is 2. The maximum absolute atomic E-state index is 5.57. The summed E-state index contributed by atoms with van der Waals surface area (Å²) in [6.07, 6.45) is 3.41. The smallest absolute Gasteiger partial charge is 0.147 e. The Balaban J connectivity index is 3.05. The molecule has 0 bridgehead atoms. The van der Waals surface area contributed by atoms with Crippen molar-refractivity contribution in [3.63, 3.8) is 0 Å². The summed E-state index contributed by atoms with van der Waals surface area (Å²) in [4.78, 5) is 0. The summed E-state index contributed by atoms with van der Waals surface area (Å²) >= 11 is 11.1. The van der Waals surface area contributed by atoms with Crippen LogP contribution in [0, 0.1) is 0 Å². The first-order valence-electron chi connectivity index (χ1n) is 4.66.